The van der Waals surface area contributed by atoms with Gasteiger partial charge in [-0.1, -0.05) is 64.7 Å². The Bertz CT molecular complexity index is 161. The van der Waals surface area contributed by atoms with Crippen molar-refractivity contribution in [1.29, 1.82) is 0 Å². The van der Waals surface area contributed by atoms with Crippen LogP contribution < -0.4 is 0 Å². The maximum Gasteiger partial charge on any atom is 0.0578 e. The van der Waals surface area contributed by atoms with Gasteiger partial charge in [0.1, 0.15) is 0 Å². The van der Waals surface area contributed by atoms with E-state index in [1.165, 1.54) is 77.0 Å². The largest absolute Gasteiger partial charge is 0.378 e. The van der Waals surface area contributed by atoms with Gasteiger partial charge in [-0.25, -0.2) is 0 Å². The van der Waals surface area contributed by atoms with Crippen LogP contribution in [0.25, 0.3) is 0 Å². The van der Waals surface area contributed by atoms with E-state index in [1.54, 1.807) is 0 Å². The highest BCUT2D eigenvalue weighted by atomic mass is 16.5. The lowest BCUT2D eigenvalue weighted by molar-refractivity contribution is 0.0573. The van der Waals surface area contributed by atoms with Gasteiger partial charge in [0.15, 0.2) is 0 Å². The molecule has 106 valence electrons. The van der Waals surface area contributed by atoms with Gasteiger partial charge in [0.2, 0.25) is 0 Å². The second-order valence-electron chi connectivity index (χ2n) is 5.63. The third-order valence-corrected chi connectivity index (χ3v) is 3.87. The van der Waals surface area contributed by atoms with Gasteiger partial charge in [-0.05, 0) is 32.1 Å². The minimum Gasteiger partial charge on any atom is -0.378 e. The second-order valence-corrected chi connectivity index (χ2v) is 5.63. The summed E-state index contributed by atoms with van der Waals surface area (Å²) in [7, 11) is 0. The van der Waals surface area contributed by atoms with Gasteiger partial charge < -0.3 is 4.74 Å². The molecule has 0 heterocycles. The van der Waals surface area contributed by atoms with Gasteiger partial charge in [-0.2, -0.15) is 0 Å². The minimum absolute atomic E-state index is 0.554. The van der Waals surface area contributed by atoms with Crippen molar-refractivity contribution in [3.05, 3.63) is 13.3 Å². The molecule has 1 atom stereocenters. The first-order valence-corrected chi connectivity index (χ1v) is 8.16. The highest BCUT2D eigenvalue weighted by Gasteiger charge is 2.14. The maximum absolute atomic E-state index is 5.84. The molecule has 1 fully saturated rings. The van der Waals surface area contributed by atoms with Gasteiger partial charge in [-0.3, -0.25) is 0 Å². The number of unbranched alkanes of at least 4 members (excludes halogenated alkanes) is 9. The fourth-order valence-corrected chi connectivity index (χ4v) is 2.64. The predicted octanol–water partition coefficient (Wildman–Crippen LogP) is 5.49. The first-order chi connectivity index (χ1) is 8.93. The van der Waals surface area contributed by atoms with Crippen molar-refractivity contribution >= 4 is 0 Å². The zero-order valence-electron chi connectivity index (χ0n) is 12.2. The van der Waals surface area contributed by atoms with E-state index in [0.29, 0.717) is 6.10 Å². The van der Waals surface area contributed by atoms with E-state index in [0.717, 1.165) is 13.0 Å². The highest BCUT2D eigenvalue weighted by molar-refractivity contribution is 4.80. The van der Waals surface area contributed by atoms with E-state index in [2.05, 4.69) is 13.3 Å². The Morgan fingerprint density at radius 2 is 1.50 bits per heavy atom. The van der Waals surface area contributed by atoms with E-state index in [4.69, 9.17) is 4.74 Å². The minimum atomic E-state index is 0.554. The molecule has 1 aliphatic carbocycles. The molecule has 1 rings (SSSR count). The van der Waals surface area contributed by atoms with Gasteiger partial charge in [0.05, 0.1) is 6.10 Å². The van der Waals surface area contributed by atoms with E-state index < -0.39 is 0 Å². The zero-order chi connectivity index (χ0) is 12.9. The average molecular weight is 252 g/mol. The summed E-state index contributed by atoms with van der Waals surface area (Å²) >= 11 is 0. The topological polar surface area (TPSA) is 9.23 Å². The normalized spacial score (nSPS) is 16.5. The van der Waals surface area contributed by atoms with Crippen LogP contribution in [0.4, 0.5) is 0 Å². The Kier molecular flexibility index (Phi) is 10.7. The molecular formula is C17H32O. The van der Waals surface area contributed by atoms with Crippen LogP contribution in [0.3, 0.4) is 0 Å². The molecule has 0 saturated heterocycles. The molecule has 0 amide bonds. The average Bonchev–Trinajstić information content (AvgIpc) is 2.89. The zero-order valence-corrected chi connectivity index (χ0v) is 12.2. The second kappa shape index (κ2) is 12.0. The van der Waals surface area contributed by atoms with Crippen LogP contribution in [-0.4, -0.2) is 12.7 Å². The lowest BCUT2D eigenvalue weighted by Gasteiger charge is -2.10. The summed E-state index contributed by atoms with van der Waals surface area (Å²) in [5.74, 6) is 0. The molecule has 0 aromatic carbocycles. The van der Waals surface area contributed by atoms with Crippen LogP contribution in [-0.2, 0) is 4.74 Å². The molecule has 0 spiro atoms. The monoisotopic (exact) mass is 252 g/mol. The molecule has 1 nitrogen and oxygen atoms in total. The number of ether oxygens (including phenoxy) is 1. The third kappa shape index (κ3) is 8.97. The predicted molar refractivity (Wildman–Crippen MR) is 79.4 cm³/mol. The lowest BCUT2D eigenvalue weighted by atomic mass is 10.1. The van der Waals surface area contributed by atoms with Gasteiger partial charge >= 0.3 is 0 Å². The van der Waals surface area contributed by atoms with Crippen LogP contribution in [0.5, 0.6) is 0 Å². The molecule has 1 unspecified atom stereocenters. The maximum atomic E-state index is 5.84. The van der Waals surface area contributed by atoms with Crippen molar-refractivity contribution in [2.75, 3.05) is 6.61 Å². The number of hydrogen-bond acceptors (Lipinski definition) is 1. The first kappa shape index (κ1) is 16.0. The molecule has 0 aromatic heterocycles. The van der Waals surface area contributed by atoms with Crippen molar-refractivity contribution in [2.45, 2.75) is 89.6 Å². The Labute approximate surface area is 115 Å². The molecule has 0 N–H and O–H groups in total. The van der Waals surface area contributed by atoms with E-state index in [1.807, 2.05) is 0 Å². The summed E-state index contributed by atoms with van der Waals surface area (Å²) in [5.41, 5.74) is 0. The van der Waals surface area contributed by atoms with Crippen LogP contribution in [0.1, 0.15) is 83.5 Å². The Morgan fingerprint density at radius 3 is 2.06 bits per heavy atom. The van der Waals surface area contributed by atoms with Crippen molar-refractivity contribution in [3.63, 3.8) is 0 Å². The molecule has 0 aliphatic heterocycles. The van der Waals surface area contributed by atoms with Crippen molar-refractivity contribution in [2.24, 2.45) is 0 Å². The summed E-state index contributed by atoms with van der Waals surface area (Å²) in [6.07, 6.45) is 20.1. The van der Waals surface area contributed by atoms with Crippen molar-refractivity contribution in [1.82, 2.24) is 0 Å². The van der Waals surface area contributed by atoms with E-state index >= 15 is 0 Å². The van der Waals surface area contributed by atoms with Crippen LogP contribution in [0.15, 0.2) is 0 Å². The fraction of sp³-hybridized carbons (Fsp3) is 0.882. The number of hydrogen-bond donors (Lipinski definition) is 0. The van der Waals surface area contributed by atoms with Gasteiger partial charge in [-0.15, -0.1) is 0 Å². The van der Waals surface area contributed by atoms with E-state index in [9.17, 15) is 0 Å². The van der Waals surface area contributed by atoms with Crippen LogP contribution in [0, 0.1) is 13.3 Å². The summed E-state index contributed by atoms with van der Waals surface area (Å²) in [4.78, 5) is 0. The molecule has 1 heteroatoms. The standard InChI is InChI=1S/C17H32O/c1-2-3-4-5-6-7-8-9-10-13-16-18-17-14-11-12-15-17/h11,17H,1-10,12-16H2. The fourth-order valence-electron chi connectivity index (χ4n) is 2.64. The molecular weight excluding hydrogens is 220 g/mol. The van der Waals surface area contributed by atoms with Gasteiger partial charge in [0, 0.05) is 6.61 Å². The third-order valence-electron chi connectivity index (χ3n) is 3.87. The van der Waals surface area contributed by atoms with Crippen molar-refractivity contribution in [3.8, 4) is 0 Å². The molecule has 1 aliphatic rings. The molecule has 2 radical (unpaired) electrons. The molecule has 1 saturated carbocycles. The quantitative estimate of drug-likeness (QED) is 0.417. The summed E-state index contributed by atoms with van der Waals surface area (Å²) in [6.45, 7) is 4.86. The number of rotatable bonds is 12. The molecule has 0 aromatic rings. The molecule has 18 heavy (non-hydrogen) atoms. The van der Waals surface area contributed by atoms with Crippen molar-refractivity contribution < 1.29 is 4.74 Å². The Balaban J connectivity index is 1.68. The summed E-state index contributed by atoms with van der Waals surface area (Å²) < 4.78 is 5.84. The lowest BCUT2D eigenvalue weighted by Crippen LogP contribution is -2.08. The summed E-state index contributed by atoms with van der Waals surface area (Å²) in [5, 5.41) is 0. The smallest absolute Gasteiger partial charge is 0.0578 e. The first-order valence-electron chi connectivity index (χ1n) is 8.16. The summed E-state index contributed by atoms with van der Waals surface area (Å²) in [6, 6.07) is 0. The van der Waals surface area contributed by atoms with Gasteiger partial charge in [0.25, 0.3) is 0 Å². The highest BCUT2D eigenvalue weighted by Crippen LogP contribution is 2.20. The van der Waals surface area contributed by atoms with E-state index in [-0.39, 0.29) is 0 Å². The Morgan fingerprint density at radius 1 is 0.889 bits per heavy atom. The Hall–Kier alpha value is -0.0400. The molecule has 0 bridgehead atoms. The SMILES string of the molecule is [CH2]CCCCCCCCCCCOC1C[CH]CC1. The van der Waals surface area contributed by atoms with Crippen LogP contribution in [0.2, 0.25) is 0 Å². The van der Waals surface area contributed by atoms with Crippen LogP contribution >= 0.6 is 0 Å².